The Kier molecular flexibility index (Phi) is 8.30. The van der Waals surface area contributed by atoms with Crippen molar-refractivity contribution in [3.8, 4) is 5.75 Å². The van der Waals surface area contributed by atoms with E-state index in [0.29, 0.717) is 12.2 Å². The van der Waals surface area contributed by atoms with Gasteiger partial charge in [-0.2, -0.15) is 0 Å². The lowest BCUT2D eigenvalue weighted by Gasteiger charge is -2.25. The number of benzene rings is 1. The van der Waals surface area contributed by atoms with Gasteiger partial charge in [0, 0.05) is 6.42 Å². The highest BCUT2D eigenvalue weighted by molar-refractivity contribution is 5.70. The van der Waals surface area contributed by atoms with Gasteiger partial charge in [0.1, 0.15) is 5.75 Å². The maximum Gasteiger partial charge on any atom is 0.343 e. The second-order valence-electron chi connectivity index (χ2n) is 6.41. The van der Waals surface area contributed by atoms with Crippen molar-refractivity contribution in [1.29, 1.82) is 0 Å². The molecule has 0 N–H and O–H groups in total. The van der Waals surface area contributed by atoms with E-state index in [0.717, 1.165) is 25.7 Å². The first-order chi connectivity index (χ1) is 11.4. The van der Waals surface area contributed by atoms with Gasteiger partial charge in [-0.1, -0.05) is 38.8 Å². The van der Waals surface area contributed by atoms with Crippen LogP contribution < -0.4 is 4.74 Å². The normalized spacial score (nSPS) is 11.0. The molecule has 0 fully saturated rings. The summed E-state index contributed by atoms with van der Waals surface area (Å²) in [5.74, 6) is 0.112. The summed E-state index contributed by atoms with van der Waals surface area (Å²) < 4.78 is 14.5. The van der Waals surface area contributed by atoms with Gasteiger partial charge in [0.15, 0.2) is 6.61 Å². The van der Waals surface area contributed by atoms with Gasteiger partial charge < -0.3 is 14.2 Å². The van der Waals surface area contributed by atoms with Gasteiger partial charge in [0.05, 0.1) is 14.2 Å². The van der Waals surface area contributed by atoms with Crippen LogP contribution in [-0.4, -0.2) is 32.8 Å². The maximum absolute atomic E-state index is 11.1. The van der Waals surface area contributed by atoms with E-state index in [1.165, 1.54) is 19.8 Å². The van der Waals surface area contributed by atoms with Crippen molar-refractivity contribution in [2.24, 2.45) is 0 Å². The van der Waals surface area contributed by atoms with Crippen molar-refractivity contribution in [1.82, 2.24) is 0 Å². The second kappa shape index (κ2) is 9.96. The minimum Gasteiger partial charge on any atom is -0.482 e. The summed E-state index contributed by atoms with van der Waals surface area (Å²) in [6.07, 6.45) is 4.46. The Morgan fingerprint density at radius 2 is 1.54 bits per heavy atom. The molecule has 5 nitrogen and oxygen atoms in total. The van der Waals surface area contributed by atoms with Gasteiger partial charge >= 0.3 is 11.9 Å². The number of hydrogen-bond donors (Lipinski definition) is 0. The maximum atomic E-state index is 11.1. The Balaban J connectivity index is 2.43. The van der Waals surface area contributed by atoms with Crippen LogP contribution in [0.2, 0.25) is 0 Å². The van der Waals surface area contributed by atoms with E-state index >= 15 is 0 Å². The number of carbonyl (C=O) groups excluding carboxylic acids is 2. The third-order valence-corrected chi connectivity index (χ3v) is 4.13. The van der Waals surface area contributed by atoms with Crippen LogP contribution in [0, 0.1) is 0 Å². The number of rotatable bonds is 10. The Morgan fingerprint density at radius 1 is 0.917 bits per heavy atom. The molecule has 0 aliphatic rings. The molecule has 24 heavy (non-hydrogen) atoms. The van der Waals surface area contributed by atoms with E-state index in [1.807, 2.05) is 24.3 Å². The first-order valence-corrected chi connectivity index (χ1v) is 8.26. The molecule has 0 bridgehead atoms. The number of unbranched alkanes of at least 4 members (excludes halogenated alkanes) is 2. The van der Waals surface area contributed by atoms with Crippen LogP contribution in [0.5, 0.6) is 5.75 Å². The standard InChI is InChI=1S/C19H28O5/c1-19(2,13-7-5-6-8-17(20)22-3)15-9-11-16(12-10-15)24-14-18(21)23-4/h9-12H,5-8,13-14H2,1-4H3. The molecule has 0 saturated heterocycles. The number of ether oxygens (including phenoxy) is 3. The van der Waals surface area contributed by atoms with Gasteiger partial charge in [-0.3, -0.25) is 4.79 Å². The fourth-order valence-electron chi connectivity index (χ4n) is 2.46. The van der Waals surface area contributed by atoms with E-state index in [2.05, 4.69) is 23.3 Å². The van der Waals surface area contributed by atoms with Crippen LogP contribution >= 0.6 is 0 Å². The predicted molar refractivity (Wildman–Crippen MR) is 92.1 cm³/mol. The molecule has 0 spiro atoms. The van der Waals surface area contributed by atoms with Crippen molar-refractivity contribution in [3.05, 3.63) is 29.8 Å². The minimum absolute atomic E-state index is 0.0478. The number of methoxy groups -OCH3 is 2. The molecule has 0 aromatic heterocycles. The molecule has 134 valence electrons. The fraction of sp³-hybridized carbons (Fsp3) is 0.579. The predicted octanol–water partition coefficient (Wildman–Crippen LogP) is 3.64. The van der Waals surface area contributed by atoms with E-state index in [1.54, 1.807) is 0 Å². The third kappa shape index (κ3) is 7.02. The van der Waals surface area contributed by atoms with Crippen molar-refractivity contribution >= 4 is 11.9 Å². The summed E-state index contributed by atoms with van der Waals surface area (Å²) in [7, 11) is 2.76. The highest BCUT2D eigenvalue weighted by Crippen LogP contribution is 2.30. The molecule has 0 radical (unpaired) electrons. The van der Waals surface area contributed by atoms with Crippen LogP contribution in [0.3, 0.4) is 0 Å². The molecule has 0 saturated carbocycles. The molecule has 0 heterocycles. The first-order valence-electron chi connectivity index (χ1n) is 8.26. The van der Waals surface area contributed by atoms with Gasteiger partial charge in [-0.15, -0.1) is 0 Å². The molecule has 0 amide bonds. The lowest BCUT2D eigenvalue weighted by Crippen LogP contribution is -2.17. The van der Waals surface area contributed by atoms with E-state index in [9.17, 15) is 9.59 Å². The van der Waals surface area contributed by atoms with E-state index in [4.69, 9.17) is 4.74 Å². The second-order valence-corrected chi connectivity index (χ2v) is 6.41. The largest absolute Gasteiger partial charge is 0.482 e. The number of hydrogen-bond acceptors (Lipinski definition) is 5. The Morgan fingerprint density at radius 3 is 2.12 bits per heavy atom. The molecule has 0 aliphatic carbocycles. The van der Waals surface area contributed by atoms with Crippen LogP contribution in [0.1, 0.15) is 51.5 Å². The Bertz CT molecular complexity index is 519. The summed E-state index contributed by atoms with van der Waals surface area (Å²) in [4.78, 5) is 22.1. The van der Waals surface area contributed by atoms with Crippen molar-refractivity contribution in [2.75, 3.05) is 20.8 Å². The molecule has 0 atom stereocenters. The molecular weight excluding hydrogens is 308 g/mol. The lowest BCUT2D eigenvalue weighted by atomic mass is 9.80. The zero-order valence-corrected chi connectivity index (χ0v) is 15.1. The van der Waals surface area contributed by atoms with Crippen LogP contribution in [-0.2, 0) is 24.5 Å². The molecular formula is C19H28O5. The van der Waals surface area contributed by atoms with Gasteiger partial charge in [0.25, 0.3) is 0 Å². The van der Waals surface area contributed by atoms with E-state index < -0.39 is 5.97 Å². The van der Waals surface area contributed by atoms with E-state index in [-0.39, 0.29) is 18.0 Å². The third-order valence-electron chi connectivity index (χ3n) is 4.13. The lowest BCUT2D eigenvalue weighted by molar-refractivity contribution is -0.143. The van der Waals surface area contributed by atoms with Crippen molar-refractivity contribution < 1.29 is 23.8 Å². The van der Waals surface area contributed by atoms with Crippen molar-refractivity contribution in [2.45, 2.75) is 51.4 Å². The smallest absolute Gasteiger partial charge is 0.343 e. The molecule has 1 aromatic rings. The minimum atomic E-state index is -0.397. The van der Waals surface area contributed by atoms with Gasteiger partial charge in [0.2, 0.25) is 0 Å². The Hall–Kier alpha value is -2.04. The average Bonchev–Trinajstić information content (AvgIpc) is 2.59. The molecule has 0 unspecified atom stereocenters. The summed E-state index contributed by atoms with van der Waals surface area (Å²) in [6.45, 7) is 4.33. The van der Waals surface area contributed by atoms with Crippen LogP contribution in [0.4, 0.5) is 0 Å². The summed E-state index contributed by atoms with van der Waals surface area (Å²) >= 11 is 0. The van der Waals surface area contributed by atoms with Gasteiger partial charge in [-0.25, -0.2) is 4.79 Å². The summed E-state index contributed by atoms with van der Waals surface area (Å²) in [6, 6.07) is 7.80. The van der Waals surface area contributed by atoms with Crippen LogP contribution in [0.25, 0.3) is 0 Å². The highest BCUT2D eigenvalue weighted by atomic mass is 16.6. The topological polar surface area (TPSA) is 61.8 Å². The van der Waals surface area contributed by atoms with Gasteiger partial charge in [-0.05, 0) is 36.0 Å². The summed E-state index contributed by atoms with van der Waals surface area (Å²) in [5.41, 5.74) is 1.27. The highest BCUT2D eigenvalue weighted by Gasteiger charge is 2.20. The van der Waals surface area contributed by atoms with Crippen molar-refractivity contribution in [3.63, 3.8) is 0 Å². The zero-order chi connectivity index (χ0) is 18.0. The van der Waals surface area contributed by atoms with Crippen LogP contribution in [0.15, 0.2) is 24.3 Å². The molecule has 0 aliphatic heterocycles. The zero-order valence-electron chi connectivity index (χ0n) is 15.1. The first kappa shape index (κ1) is 20.0. The monoisotopic (exact) mass is 336 g/mol. The Labute approximate surface area is 144 Å². The quantitative estimate of drug-likeness (QED) is 0.482. The average molecular weight is 336 g/mol. The number of esters is 2. The molecule has 1 aromatic carbocycles. The molecule has 5 heteroatoms. The summed E-state index contributed by atoms with van der Waals surface area (Å²) in [5, 5.41) is 0. The molecule has 1 rings (SSSR count). The SMILES string of the molecule is COC(=O)CCCCCC(C)(C)c1ccc(OCC(=O)OC)cc1. The fourth-order valence-corrected chi connectivity index (χ4v) is 2.46. The number of carbonyl (C=O) groups is 2.